The summed E-state index contributed by atoms with van der Waals surface area (Å²) in [7, 11) is 2.05. The van der Waals surface area contributed by atoms with Crippen molar-refractivity contribution in [2.45, 2.75) is 44.6 Å². The average molecular weight is 295 g/mol. The second kappa shape index (κ2) is 8.66. The average Bonchev–Trinajstić information content (AvgIpc) is 2.43. The molecule has 1 aromatic rings. The Bertz CT molecular complexity index is 369. The lowest BCUT2D eigenvalue weighted by Crippen LogP contribution is -2.31. The third-order valence-electron chi connectivity index (χ3n) is 4.30. The van der Waals surface area contributed by atoms with Crippen molar-refractivity contribution in [3.8, 4) is 0 Å². The standard InChI is InChI=1S/C17H27ClN2/c1-19-17(15-7-9-16(18)10-8-15)11-14-20-12-5-3-2-4-6-13-20/h7-10,17,19H,2-6,11-14H2,1H3. The Balaban J connectivity index is 1.84. The summed E-state index contributed by atoms with van der Waals surface area (Å²) in [5, 5.41) is 4.25. The van der Waals surface area contributed by atoms with Gasteiger partial charge in [0.2, 0.25) is 0 Å². The molecule has 0 aromatic heterocycles. The highest BCUT2D eigenvalue weighted by Gasteiger charge is 2.13. The van der Waals surface area contributed by atoms with Crippen LogP contribution in [0.1, 0.15) is 50.1 Å². The molecule has 0 spiro atoms. The van der Waals surface area contributed by atoms with Crippen molar-refractivity contribution in [2.24, 2.45) is 0 Å². The zero-order valence-electron chi connectivity index (χ0n) is 12.6. The normalized spacial score (nSPS) is 19.3. The first-order chi connectivity index (χ1) is 9.79. The van der Waals surface area contributed by atoms with Gasteiger partial charge in [-0.25, -0.2) is 0 Å². The second-order valence-corrected chi connectivity index (χ2v) is 6.23. The topological polar surface area (TPSA) is 15.3 Å². The molecule has 1 atom stereocenters. The highest BCUT2D eigenvalue weighted by atomic mass is 35.5. The fraction of sp³-hybridized carbons (Fsp3) is 0.647. The first kappa shape index (κ1) is 15.8. The third-order valence-corrected chi connectivity index (χ3v) is 4.56. The fourth-order valence-corrected chi connectivity index (χ4v) is 3.15. The van der Waals surface area contributed by atoms with Gasteiger partial charge in [0.15, 0.2) is 0 Å². The number of halogens is 1. The molecule has 2 rings (SSSR count). The minimum atomic E-state index is 0.428. The van der Waals surface area contributed by atoms with Crippen molar-refractivity contribution in [3.05, 3.63) is 34.9 Å². The predicted molar refractivity (Wildman–Crippen MR) is 87.4 cm³/mol. The van der Waals surface area contributed by atoms with E-state index < -0.39 is 0 Å². The van der Waals surface area contributed by atoms with Gasteiger partial charge in [-0.3, -0.25) is 0 Å². The largest absolute Gasteiger partial charge is 0.313 e. The summed E-state index contributed by atoms with van der Waals surface area (Å²) in [6, 6.07) is 8.67. The Labute approximate surface area is 128 Å². The summed E-state index contributed by atoms with van der Waals surface area (Å²) in [4.78, 5) is 2.64. The van der Waals surface area contributed by atoms with Crippen LogP contribution in [0.25, 0.3) is 0 Å². The van der Waals surface area contributed by atoms with Crippen molar-refractivity contribution < 1.29 is 0 Å². The van der Waals surface area contributed by atoms with Gasteiger partial charge in [0.25, 0.3) is 0 Å². The van der Waals surface area contributed by atoms with Crippen molar-refractivity contribution in [1.82, 2.24) is 10.2 Å². The molecule has 0 radical (unpaired) electrons. The van der Waals surface area contributed by atoms with Gasteiger partial charge in [0, 0.05) is 11.1 Å². The van der Waals surface area contributed by atoms with Crippen molar-refractivity contribution in [3.63, 3.8) is 0 Å². The highest BCUT2D eigenvalue weighted by molar-refractivity contribution is 6.30. The summed E-state index contributed by atoms with van der Waals surface area (Å²) in [6.45, 7) is 3.74. The highest BCUT2D eigenvalue weighted by Crippen LogP contribution is 2.20. The van der Waals surface area contributed by atoms with E-state index in [4.69, 9.17) is 11.6 Å². The summed E-state index contributed by atoms with van der Waals surface area (Å²) in [6.07, 6.45) is 8.14. The summed E-state index contributed by atoms with van der Waals surface area (Å²) >= 11 is 5.96. The zero-order valence-corrected chi connectivity index (χ0v) is 13.3. The van der Waals surface area contributed by atoms with E-state index in [1.807, 2.05) is 19.2 Å². The molecular weight excluding hydrogens is 268 g/mol. The Morgan fingerprint density at radius 3 is 2.25 bits per heavy atom. The van der Waals surface area contributed by atoms with Gasteiger partial charge in [-0.15, -0.1) is 0 Å². The van der Waals surface area contributed by atoms with E-state index in [9.17, 15) is 0 Å². The summed E-state index contributed by atoms with van der Waals surface area (Å²) in [5.74, 6) is 0. The van der Waals surface area contributed by atoms with Gasteiger partial charge in [0.05, 0.1) is 0 Å². The molecule has 1 N–H and O–H groups in total. The Morgan fingerprint density at radius 2 is 1.65 bits per heavy atom. The maximum Gasteiger partial charge on any atom is 0.0406 e. The molecule has 3 heteroatoms. The van der Waals surface area contributed by atoms with Crippen molar-refractivity contribution in [2.75, 3.05) is 26.7 Å². The number of nitrogens with zero attached hydrogens (tertiary/aromatic N) is 1. The zero-order chi connectivity index (χ0) is 14.2. The van der Waals surface area contributed by atoms with E-state index in [1.54, 1.807) is 0 Å². The van der Waals surface area contributed by atoms with Gasteiger partial charge in [0.1, 0.15) is 0 Å². The molecule has 0 amide bonds. The number of rotatable bonds is 5. The quantitative estimate of drug-likeness (QED) is 0.873. The van der Waals surface area contributed by atoms with E-state index in [-0.39, 0.29) is 0 Å². The van der Waals surface area contributed by atoms with Crippen LogP contribution in [0.5, 0.6) is 0 Å². The van der Waals surface area contributed by atoms with E-state index >= 15 is 0 Å². The van der Waals surface area contributed by atoms with Crippen LogP contribution in [0.4, 0.5) is 0 Å². The van der Waals surface area contributed by atoms with Crippen LogP contribution in [0.15, 0.2) is 24.3 Å². The molecule has 1 aliphatic rings. The van der Waals surface area contributed by atoms with Crippen molar-refractivity contribution >= 4 is 11.6 Å². The van der Waals surface area contributed by atoms with Gasteiger partial charge in [-0.2, -0.15) is 0 Å². The molecule has 0 aliphatic carbocycles. The first-order valence-corrected chi connectivity index (χ1v) is 8.32. The maximum absolute atomic E-state index is 5.96. The molecule has 1 aromatic carbocycles. The maximum atomic E-state index is 5.96. The lowest BCUT2D eigenvalue weighted by atomic mass is 10.0. The van der Waals surface area contributed by atoms with Crippen LogP contribution in [0, 0.1) is 0 Å². The van der Waals surface area contributed by atoms with E-state index in [2.05, 4.69) is 22.3 Å². The van der Waals surface area contributed by atoms with Crippen LogP contribution in [-0.2, 0) is 0 Å². The van der Waals surface area contributed by atoms with Gasteiger partial charge < -0.3 is 10.2 Å². The molecule has 1 saturated heterocycles. The van der Waals surface area contributed by atoms with Crippen LogP contribution in [-0.4, -0.2) is 31.6 Å². The lowest BCUT2D eigenvalue weighted by molar-refractivity contribution is 0.235. The monoisotopic (exact) mass is 294 g/mol. The molecule has 1 heterocycles. The Morgan fingerprint density at radius 1 is 1.05 bits per heavy atom. The summed E-state index contributed by atoms with van der Waals surface area (Å²) < 4.78 is 0. The number of hydrogen-bond acceptors (Lipinski definition) is 2. The second-order valence-electron chi connectivity index (χ2n) is 5.79. The lowest BCUT2D eigenvalue weighted by Gasteiger charge is -2.26. The number of nitrogens with one attached hydrogen (secondary N) is 1. The Hall–Kier alpha value is -0.570. The molecule has 20 heavy (non-hydrogen) atoms. The molecule has 0 saturated carbocycles. The van der Waals surface area contributed by atoms with E-state index in [0.29, 0.717) is 6.04 Å². The Kier molecular flexibility index (Phi) is 6.85. The van der Waals surface area contributed by atoms with Gasteiger partial charge in [-0.1, -0.05) is 43.0 Å². The van der Waals surface area contributed by atoms with Crippen LogP contribution in [0.3, 0.4) is 0 Å². The predicted octanol–water partition coefficient (Wildman–Crippen LogP) is 4.26. The number of likely N-dealkylation sites (tertiary alicyclic amines) is 1. The molecular formula is C17H27ClN2. The van der Waals surface area contributed by atoms with Gasteiger partial charge >= 0.3 is 0 Å². The molecule has 2 nitrogen and oxygen atoms in total. The molecule has 112 valence electrons. The first-order valence-electron chi connectivity index (χ1n) is 7.94. The van der Waals surface area contributed by atoms with Gasteiger partial charge in [-0.05, 0) is 63.6 Å². The van der Waals surface area contributed by atoms with Crippen LogP contribution >= 0.6 is 11.6 Å². The van der Waals surface area contributed by atoms with Crippen molar-refractivity contribution in [1.29, 1.82) is 0 Å². The SMILES string of the molecule is CNC(CCN1CCCCCCC1)c1ccc(Cl)cc1. The van der Waals surface area contributed by atoms with Crippen LogP contribution < -0.4 is 5.32 Å². The minimum Gasteiger partial charge on any atom is -0.313 e. The van der Waals surface area contributed by atoms with E-state index in [0.717, 1.165) is 11.4 Å². The fourth-order valence-electron chi connectivity index (χ4n) is 3.02. The molecule has 1 unspecified atom stereocenters. The van der Waals surface area contributed by atoms with E-state index in [1.165, 1.54) is 57.3 Å². The smallest absolute Gasteiger partial charge is 0.0406 e. The molecule has 1 aliphatic heterocycles. The number of benzene rings is 1. The van der Waals surface area contributed by atoms with Crippen LogP contribution in [0.2, 0.25) is 5.02 Å². The minimum absolute atomic E-state index is 0.428. The molecule has 1 fully saturated rings. The number of hydrogen-bond donors (Lipinski definition) is 1. The molecule has 0 bridgehead atoms. The third kappa shape index (κ3) is 5.08. The summed E-state index contributed by atoms with van der Waals surface area (Å²) in [5.41, 5.74) is 1.34.